The molecule has 0 spiro atoms. The van der Waals surface area contributed by atoms with Crippen LogP contribution in [0.1, 0.15) is 19.8 Å². The Kier molecular flexibility index (Phi) is 4.94. The van der Waals surface area contributed by atoms with Crippen LogP contribution in [0.25, 0.3) is 22.4 Å². The summed E-state index contributed by atoms with van der Waals surface area (Å²) in [5.41, 5.74) is 3.40. The van der Waals surface area contributed by atoms with Gasteiger partial charge in [-0.25, -0.2) is 9.37 Å². The van der Waals surface area contributed by atoms with Crippen LogP contribution in [0.5, 0.6) is 5.75 Å². The zero-order valence-corrected chi connectivity index (χ0v) is 14.0. The number of halogens is 1. The van der Waals surface area contributed by atoms with Crippen molar-refractivity contribution in [3.8, 4) is 28.1 Å². The molecule has 2 aromatic carbocycles. The van der Waals surface area contributed by atoms with E-state index in [2.05, 4.69) is 11.9 Å². The minimum absolute atomic E-state index is 0.266. The second-order valence-corrected chi connectivity index (χ2v) is 5.78. The summed E-state index contributed by atoms with van der Waals surface area (Å²) in [5, 5.41) is 0. The molecule has 0 aliphatic rings. The fraction of sp³-hybridized carbons (Fsp3) is 0.250. The topological polar surface area (TPSA) is 27.1 Å². The van der Waals surface area contributed by atoms with Crippen LogP contribution in [0.4, 0.5) is 4.39 Å². The highest BCUT2D eigenvalue weighted by atomic mass is 19.1. The lowest BCUT2D eigenvalue weighted by molar-refractivity contribution is 0.309. The number of aryl methyl sites for hydroxylation is 1. The van der Waals surface area contributed by atoms with Gasteiger partial charge in [-0.15, -0.1) is 0 Å². The number of hydrogen-bond acceptors (Lipinski definition) is 2. The molecule has 0 aliphatic carbocycles. The monoisotopic (exact) mass is 324 g/mol. The van der Waals surface area contributed by atoms with E-state index in [1.54, 1.807) is 12.4 Å². The Morgan fingerprint density at radius 3 is 2.50 bits per heavy atom. The first kappa shape index (κ1) is 16.2. The molecule has 0 bridgehead atoms. The van der Waals surface area contributed by atoms with E-state index in [-0.39, 0.29) is 5.82 Å². The molecule has 0 amide bonds. The van der Waals surface area contributed by atoms with Gasteiger partial charge < -0.3 is 9.30 Å². The Balaban J connectivity index is 1.93. The van der Waals surface area contributed by atoms with Gasteiger partial charge in [-0.3, -0.25) is 0 Å². The van der Waals surface area contributed by atoms with E-state index < -0.39 is 0 Å². The van der Waals surface area contributed by atoms with E-state index in [4.69, 9.17) is 4.74 Å². The summed E-state index contributed by atoms with van der Waals surface area (Å²) >= 11 is 0. The Hall–Kier alpha value is -2.62. The number of aromatic nitrogens is 2. The molecule has 4 heteroatoms. The van der Waals surface area contributed by atoms with Crippen LogP contribution in [0.2, 0.25) is 0 Å². The van der Waals surface area contributed by atoms with Gasteiger partial charge in [-0.1, -0.05) is 43.7 Å². The SMILES string of the molecule is CCCCOc1cccc(F)c1-c1ccc(-c2cncn2C)cc1. The van der Waals surface area contributed by atoms with Gasteiger partial charge in [0, 0.05) is 7.05 Å². The summed E-state index contributed by atoms with van der Waals surface area (Å²) in [5.74, 6) is 0.328. The van der Waals surface area contributed by atoms with Crippen LogP contribution < -0.4 is 4.74 Å². The fourth-order valence-corrected chi connectivity index (χ4v) is 2.67. The van der Waals surface area contributed by atoms with E-state index in [0.29, 0.717) is 17.9 Å². The van der Waals surface area contributed by atoms with Crippen LogP contribution >= 0.6 is 0 Å². The first-order valence-corrected chi connectivity index (χ1v) is 8.19. The summed E-state index contributed by atoms with van der Waals surface area (Å²) in [4.78, 5) is 4.13. The van der Waals surface area contributed by atoms with Crippen molar-refractivity contribution in [1.29, 1.82) is 0 Å². The molecule has 0 radical (unpaired) electrons. The lowest BCUT2D eigenvalue weighted by Crippen LogP contribution is -1.99. The lowest BCUT2D eigenvalue weighted by Gasteiger charge is -2.13. The number of rotatable bonds is 6. The largest absolute Gasteiger partial charge is 0.493 e. The molecular weight excluding hydrogens is 303 g/mol. The minimum Gasteiger partial charge on any atom is -0.493 e. The van der Waals surface area contributed by atoms with Gasteiger partial charge in [0.2, 0.25) is 0 Å². The maximum Gasteiger partial charge on any atom is 0.134 e. The predicted molar refractivity (Wildman–Crippen MR) is 94.4 cm³/mol. The molecule has 0 aliphatic heterocycles. The van der Waals surface area contributed by atoms with Crippen LogP contribution in [-0.4, -0.2) is 16.2 Å². The van der Waals surface area contributed by atoms with E-state index in [9.17, 15) is 4.39 Å². The molecule has 124 valence electrons. The van der Waals surface area contributed by atoms with Crippen molar-refractivity contribution in [1.82, 2.24) is 9.55 Å². The third-order valence-electron chi connectivity index (χ3n) is 4.02. The quantitative estimate of drug-likeness (QED) is 0.592. The number of ether oxygens (including phenoxy) is 1. The first-order chi connectivity index (χ1) is 11.7. The minimum atomic E-state index is -0.266. The zero-order chi connectivity index (χ0) is 16.9. The highest BCUT2D eigenvalue weighted by Gasteiger charge is 2.12. The van der Waals surface area contributed by atoms with Crippen molar-refractivity contribution >= 4 is 0 Å². The second kappa shape index (κ2) is 7.30. The van der Waals surface area contributed by atoms with Gasteiger partial charge in [0.05, 0.1) is 30.4 Å². The maximum absolute atomic E-state index is 14.4. The number of nitrogens with zero attached hydrogens (tertiary/aromatic N) is 2. The number of unbranched alkanes of at least 4 members (excludes halogenated alkanes) is 1. The summed E-state index contributed by atoms with van der Waals surface area (Å²) < 4.78 is 22.1. The van der Waals surface area contributed by atoms with E-state index in [1.165, 1.54) is 6.07 Å². The standard InChI is InChI=1S/C20H21FN2O/c1-3-4-12-24-19-7-5-6-17(21)20(19)16-10-8-15(9-11-16)18-13-22-14-23(18)2/h5-11,13-14H,3-4,12H2,1-2H3. The molecule has 3 aromatic rings. The van der Waals surface area contributed by atoms with Gasteiger partial charge in [-0.2, -0.15) is 0 Å². The first-order valence-electron chi connectivity index (χ1n) is 8.19. The van der Waals surface area contributed by atoms with Gasteiger partial charge >= 0.3 is 0 Å². The third kappa shape index (κ3) is 3.32. The average Bonchev–Trinajstić information content (AvgIpc) is 3.02. The molecule has 1 heterocycles. The Labute approximate surface area is 141 Å². The fourth-order valence-electron chi connectivity index (χ4n) is 2.67. The molecule has 0 N–H and O–H groups in total. The highest BCUT2D eigenvalue weighted by molar-refractivity contribution is 5.73. The van der Waals surface area contributed by atoms with Crippen molar-refractivity contribution in [3.05, 3.63) is 60.8 Å². The number of benzene rings is 2. The van der Waals surface area contributed by atoms with Gasteiger partial charge in [0.15, 0.2) is 0 Å². The highest BCUT2D eigenvalue weighted by Crippen LogP contribution is 2.34. The molecule has 0 saturated heterocycles. The van der Waals surface area contributed by atoms with Crippen LogP contribution in [0.15, 0.2) is 55.0 Å². The van der Waals surface area contributed by atoms with Crippen molar-refractivity contribution in [2.24, 2.45) is 7.05 Å². The Morgan fingerprint density at radius 1 is 1.08 bits per heavy atom. The van der Waals surface area contributed by atoms with Crippen molar-refractivity contribution in [2.75, 3.05) is 6.61 Å². The lowest BCUT2D eigenvalue weighted by atomic mass is 10.0. The molecule has 1 aromatic heterocycles. The van der Waals surface area contributed by atoms with Crippen LogP contribution in [0, 0.1) is 5.82 Å². The second-order valence-electron chi connectivity index (χ2n) is 5.78. The summed E-state index contributed by atoms with van der Waals surface area (Å²) in [7, 11) is 1.95. The van der Waals surface area contributed by atoms with Crippen LogP contribution in [-0.2, 0) is 7.05 Å². The smallest absolute Gasteiger partial charge is 0.134 e. The molecule has 3 nitrogen and oxygen atoms in total. The summed E-state index contributed by atoms with van der Waals surface area (Å²) in [6.07, 6.45) is 5.58. The van der Waals surface area contributed by atoms with Crippen LogP contribution in [0.3, 0.4) is 0 Å². The Morgan fingerprint density at radius 2 is 1.83 bits per heavy atom. The van der Waals surface area contributed by atoms with Gasteiger partial charge in [-0.05, 0) is 29.7 Å². The van der Waals surface area contributed by atoms with Crippen molar-refractivity contribution < 1.29 is 9.13 Å². The summed E-state index contributed by atoms with van der Waals surface area (Å²) in [6, 6.07) is 12.8. The van der Waals surface area contributed by atoms with Crippen molar-refractivity contribution in [2.45, 2.75) is 19.8 Å². The normalized spacial score (nSPS) is 10.8. The van der Waals surface area contributed by atoms with E-state index in [1.807, 2.05) is 48.1 Å². The summed E-state index contributed by atoms with van der Waals surface area (Å²) in [6.45, 7) is 2.70. The molecule has 0 atom stereocenters. The molecule has 24 heavy (non-hydrogen) atoms. The maximum atomic E-state index is 14.4. The molecular formula is C20H21FN2O. The molecule has 0 saturated carbocycles. The van der Waals surface area contributed by atoms with E-state index in [0.717, 1.165) is 29.7 Å². The molecule has 0 unspecified atom stereocenters. The zero-order valence-electron chi connectivity index (χ0n) is 14.0. The predicted octanol–water partition coefficient (Wildman–Crippen LogP) is 5.07. The number of imidazole rings is 1. The average molecular weight is 324 g/mol. The Bertz CT molecular complexity index is 809. The van der Waals surface area contributed by atoms with Gasteiger partial charge in [0.25, 0.3) is 0 Å². The molecule has 0 fully saturated rings. The van der Waals surface area contributed by atoms with Crippen molar-refractivity contribution in [3.63, 3.8) is 0 Å². The van der Waals surface area contributed by atoms with E-state index >= 15 is 0 Å². The third-order valence-corrected chi connectivity index (χ3v) is 4.02. The van der Waals surface area contributed by atoms with Gasteiger partial charge in [0.1, 0.15) is 11.6 Å². The molecule has 3 rings (SSSR count). The number of hydrogen-bond donors (Lipinski definition) is 0.